The number of rotatable bonds is 3. The summed E-state index contributed by atoms with van der Waals surface area (Å²) in [7, 11) is -3.36. The van der Waals surface area contributed by atoms with Crippen molar-refractivity contribution in [3.05, 3.63) is 23.8 Å². The van der Waals surface area contributed by atoms with E-state index in [1.54, 1.807) is 26.0 Å². The molecule has 0 saturated heterocycles. The lowest BCUT2D eigenvalue weighted by Gasteiger charge is -2.15. The second-order valence-electron chi connectivity index (χ2n) is 4.89. The number of carbonyl (C=O) groups is 1. The molecular weight excluding hydrogens is 252 g/mol. The Bertz CT molecular complexity index is 606. The molecule has 0 saturated carbocycles. The molecular formula is C12H16N2O3S. The van der Waals surface area contributed by atoms with E-state index in [1.807, 2.05) is 0 Å². The van der Waals surface area contributed by atoms with Gasteiger partial charge in [-0.1, -0.05) is 0 Å². The van der Waals surface area contributed by atoms with Crippen LogP contribution in [0.15, 0.2) is 23.1 Å². The Hall–Kier alpha value is -1.40. The zero-order valence-electron chi connectivity index (χ0n) is 10.4. The summed E-state index contributed by atoms with van der Waals surface area (Å²) in [5, 5.41) is 2.74. The normalized spacial score (nSPS) is 17.4. The van der Waals surface area contributed by atoms with E-state index < -0.39 is 15.3 Å². The van der Waals surface area contributed by atoms with Crippen LogP contribution >= 0.6 is 0 Å². The molecule has 0 atom stereocenters. The maximum atomic E-state index is 11.9. The van der Waals surface area contributed by atoms with Crippen molar-refractivity contribution in [2.75, 3.05) is 17.6 Å². The fourth-order valence-corrected chi connectivity index (χ4v) is 3.14. The van der Waals surface area contributed by atoms with Crippen molar-refractivity contribution in [3.63, 3.8) is 0 Å². The summed E-state index contributed by atoms with van der Waals surface area (Å²) in [4.78, 5) is 12.0. The van der Waals surface area contributed by atoms with Gasteiger partial charge >= 0.3 is 0 Å². The van der Waals surface area contributed by atoms with Gasteiger partial charge in [-0.2, -0.15) is 0 Å². The summed E-state index contributed by atoms with van der Waals surface area (Å²) in [6.07, 6.45) is 0. The van der Waals surface area contributed by atoms with Crippen LogP contribution in [0.1, 0.15) is 19.4 Å². The molecule has 0 radical (unpaired) electrons. The molecule has 6 heteroatoms. The quantitative estimate of drug-likeness (QED) is 0.842. The van der Waals surface area contributed by atoms with Crippen molar-refractivity contribution in [2.24, 2.45) is 5.73 Å². The van der Waals surface area contributed by atoms with E-state index in [-0.39, 0.29) is 23.1 Å². The Morgan fingerprint density at radius 1 is 1.33 bits per heavy atom. The Morgan fingerprint density at radius 2 is 2.00 bits per heavy atom. The van der Waals surface area contributed by atoms with Gasteiger partial charge in [0, 0.05) is 12.2 Å². The molecule has 98 valence electrons. The van der Waals surface area contributed by atoms with E-state index >= 15 is 0 Å². The number of fused-ring (bicyclic) bond motifs is 1. The van der Waals surface area contributed by atoms with Crippen molar-refractivity contribution < 1.29 is 13.2 Å². The van der Waals surface area contributed by atoms with Crippen molar-refractivity contribution in [1.29, 1.82) is 0 Å². The van der Waals surface area contributed by atoms with Gasteiger partial charge < -0.3 is 11.1 Å². The summed E-state index contributed by atoms with van der Waals surface area (Å²) < 4.78 is 23.9. The second kappa shape index (κ2) is 4.07. The third-order valence-electron chi connectivity index (χ3n) is 3.23. The zero-order chi connectivity index (χ0) is 13.6. The Kier molecular flexibility index (Phi) is 2.95. The number of benzene rings is 1. The van der Waals surface area contributed by atoms with E-state index in [0.29, 0.717) is 11.3 Å². The molecule has 3 N–H and O–H groups in total. The molecule has 0 fully saturated rings. The predicted octanol–water partition coefficient (Wildman–Crippen LogP) is 0.649. The molecule has 0 spiro atoms. The van der Waals surface area contributed by atoms with Crippen LogP contribution in [0.5, 0.6) is 0 Å². The largest absolute Gasteiger partial charge is 0.329 e. The summed E-state index contributed by atoms with van der Waals surface area (Å²) in [6, 6.07) is 4.70. The van der Waals surface area contributed by atoms with Gasteiger partial charge in [0.1, 0.15) is 0 Å². The van der Waals surface area contributed by atoms with Gasteiger partial charge in [-0.25, -0.2) is 8.42 Å². The molecule has 0 aliphatic carbocycles. The summed E-state index contributed by atoms with van der Waals surface area (Å²) in [5.41, 5.74) is 5.98. The van der Waals surface area contributed by atoms with Crippen LogP contribution in [0.2, 0.25) is 0 Å². The number of nitrogens with one attached hydrogen (secondary N) is 1. The summed E-state index contributed by atoms with van der Waals surface area (Å²) >= 11 is 0. The summed E-state index contributed by atoms with van der Waals surface area (Å²) in [5.74, 6) is -0.209. The molecule has 5 nitrogen and oxygen atoms in total. The van der Waals surface area contributed by atoms with Crippen LogP contribution in [0.25, 0.3) is 0 Å². The van der Waals surface area contributed by atoms with E-state index in [4.69, 9.17) is 5.73 Å². The van der Waals surface area contributed by atoms with Gasteiger partial charge in [0.2, 0.25) is 5.91 Å². The van der Waals surface area contributed by atoms with E-state index in [2.05, 4.69) is 5.32 Å². The lowest BCUT2D eigenvalue weighted by Crippen LogP contribution is -2.27. The topological polar surface area (TPSA) is 89.3 Å². The van der Waals surface area contributed by atoms with Gasteiger partial charge in [-0.05, 0) is 37.6 Å². The number of hydrogen-bond donors (Lipinski definition) is 2. The minimum Gasteiger partial charge on any atom is -0.329 e. The number of anilines is 1. The molecule has 1 heterocycles. The SMILES string of the molecule is CC1(C)C(=O)Nc2ccc(S(=O)(=O)CCN)cc21. The standard InChI is InChI=1S/C12H16N2O3S/c1-12(2)9-7-8(18(16,17)6-5-13)3-4-10(9)14-11(12)15/h3-4,7H,5-6,13H2,1-2H3,(H,14,15). The molecule has 0 unspecified atom stereocenters. The van der Waals surface area contributed by atoms with Gasteiger partial charge in [0.05, 0.1) is 16.1 Å². The molecule has 1 aliphatic rings. The Labute approximate surface area is 106 Å². The molecule has 1 aromatic rings. The van der Waals surface area contributed by atoms with Crippen LogP contribution in [-0.4, -0.2) is 26.6 Å². The number of hydrogen-bond acceptors (Lipinski definition) is 4. The third-order valence-corrected chi connectivity index (χ3v) is 4.97. The monoisotopic (exact) mass is 268 g/mol. The van der Waals surface area contributed by atoms with E-state index in [9.17, 15) is 13.2 Å². The highest BCUT2D eigenvalue weighted by Gasteiger charge is 2.38. The van der Waals surface area contributed by atoms with Gasteiger partial charge in [-0.3, -0.25) is 4.79 Å². The highest BCUT2D eigenvalue weighted by molar-refractivity contribution is 7.91. The molecule has 1 aromatic carbocycles. The van der Waals surface area contributed by atoms with Gasteiger partial charge in [-0.15, -0.1) is 0 Å². The van der Waals surface area contributed by atoms with Crippen molar-refractivity contribution in [3.8, 4) is 0 Å². The van der Waals surface area contributed by atoms with Crippen LogP contribution in [0.3, 0.4) is 0 Å². The predicted molar refractivity (Wildman–Crippen MR) is 69.2 cm³/mol. The fourth-order valence-electron chi connectivity index (χ4n) is 2.02. The number of amides is 1. The first-order valence-electron chi connectivity index (χ1n) is 5.68. The summed E-state index contributed by atoms with van der Waals surface area (Å²) in [6.45, 7) is 3.63. The van der Waals surface area contributed by atoms with Crippen molar-refractivity contribution >= 4 is 21.4 Å². The number of carbonyl (C=O) groups excluding carboxylic acids is 1. The molecule has 2 rings (SSSR count). The van der Waals surface area contributed by atoms with Gasteiger partial charge in [0.25, 0.3) is 0 Å². The minimum absolute atomic E-state index is 0.0833. The van der Waals surface area contributed by atoms with E-state index in [1.165, 1.54) is 6.07 Å². The fraction of sp³-hybridized carbons (Fsp3) is 0.417. The first kappa shape index (κ1) is 13.0. The smallest absolute Gasteiger partial charge is 0.234 e. The molecule has 0 bridgehead atoms. The lowest BCUT2D eigenvalue weighted by atomic mass is 9.86. The number of sulfone groups is 1. The zero-order valence-corrected chi connectivity index (χ0v) is 11.2. The van der Waals surface area contributed by atoms with Gasteiger partial charge in [0.15, 0.2) is 9.84 Å². The Balaban J connectivity index is 2.53. The third kappa shape index (κ3) is 1.91. The molecule has 0 aromatic heterocycles. The van der Waals surface area contributed by atoms with Crippen LogP contribution in [0.4, 0.5) is 5.69 Å². The average molecular weight is 268 g/mol. The first-order valence-corrected chi connectivity index (χ1v) is 7.33. The van der Waals surface area contributed by atoms with Crippen LogP contribution in [0, 0.1) is 0 Å². The molecule has 1 amide bonds. The lowest BCUT2D eigenvalue weighted by molar-refractivity contribution is -0.119. The number of nitrogens with two attached hydrogens (primary N) is 1. The van der Waals surface area contributed by atoms with Crippen molar-refractivity contribution in [1.82, 2.24) is 0 Å². The van der Waals surface area contributed by atoms with E-state index in [0.717, 1.165) is 0 Å². The second-order valence-corrected chi connectivity index (χ2v) is 7.00. The minimum atomic E-state index is -3.36. The van der Waals surface area contributed by atoms with Crippen LogP contribution < -0.4 is 11.1 Å². The highest BCUT2D eigenvalue weighted by atomic mass is 32.2. The van der Waals surface area contributed by atoms with Crippen LogP contribution in [-0.2, 0) is 20.0 Å². The maximum absolute atomic E-state index is 11.9. The highest BCUT2D eigenvalue weighted by Crippen LogP contribution is 2.38. The Morgan fingerprint density at radius 3 is 2.61 bits per heavy atom. The van der Waals surface area contributed by atoms with Crippen molar-refractivity contribution in [2.45, 2.75) is 24.2 Å². The first-order chi connectivity index (χ1) is 8.29. The molecule has 18 heavy (non-hydrogen) atoms. The molecule has 1 aliphatic heterocycles. The maximum Gasteiger partial charge on any atom is 0.234 e. The average Bonchev–Trinajstić information content (AvgIpc) is 2.50.